The van der Waals surface area contributed by atoms with Gasteiger partial charge in [0.25, 0.3) is 5.91 Å². The fourth-order valence-corrected chi connectivity index (χ4v) is 4.10. The van der Waals surface area contributed by atoms with Crippen molar-refractivity contribution in [3.8, 4) is 0 Å². The van der Waals surface area contributed by atoms with Gasteiger partial charge in [0.1, 0.15) is 0 Å². The van der Waals surface area contributed by atoms with E-state index in [1.165, 1.54) is 11.1 Å². The lowest BCUT2D eigenvalue weighted by Crippen LogP contribution is -2.21. The van der Waals surface area contributed by atoms with Gasteiger partial charge in [-0.25, -0.2) is 5.43 Å². The summed E-state index contributed by atoms with van der Waals surface area (Å²) < 4.78 is 0. The van der Waals surface area contributed by atoms with Gasteiger partial charge < -0.3 is 5.32 Å². The topological polar surface area (TPSA) is 70.6 Å². The summed E-state index contributed by atoms with van der Waals surface area (Å²) in [6.45, 7) is 8.43. The SMILES string of the molecule is C/C(=N/NC(=O)C1CC1c1ccc(C(C)(C)C)cc1)c1ccc(NC(=O)c2ccc(Cl)cc2)cc1. The molecule has 6 heteroatoms. The number of anilines is 1. The van der Waals surface area contributed by atoms with Gasteiger partial charge in [-0.05, 0) is 77.8 Å². The van der Waals surface area contributed by atoms with Gasteiger partial charge in [-0.15, -0.1) is 0 Å². The Labute approximate surface area is 211 Å². The standard InChI is InChI=1S/C29H30ClN3O2/c1-18(19-9-15-24(16-10-19)31-27(34)21-7-13-23(30)14-8-21)32-33-28(35)26-17-25(26)20-5-11-22(12-6-20)29(2,3)4/h5-16,25-26H,17H2,1-4H3,(H,31,34)(H,33,35)/b32-18-. The molecule has 0 aliphatic heterocycles. The molecule has 0 spiro atoms. The van der Waals surface area contributed by atoms with Gasteiger partial charge in [-0.3, -0.25) is 9.59 Å². The molecule has 2 amide bonds. The van der Waals surface area contributed by atoms with E-state index in [2.05, 4.69) is 60.9 Å². The minimum atomic E-state index is -0.209. The van der Waals surface area contributed by atoms with Crippen LogP contribution in [-0.2, 0) is 10.2 Å². The molecule has 1 aliphatic rings. The van der Waals surface area contributed by atoms with E-state index in [4.69, 9.17) is 11.6 Å². The molecule has 0 aromatic heterocycles. The molecule has 180 valence electrons. The third-order valence-electron chi connectivity index (χ3n) is 6.33. The lowest BCUT2D eigenvalue weighted by atomic mass is 9.86. The Bertz CT molecular complexity index is 1240. The van der Waals surface area contributed by atoms with Crippen LogP contribution in [0.4, 0.5) is 5.69 Å². The van der Waals surface area contributed by atoms with Crippen molar-refractivity contribution in [2.45, 2.75) is 45.4 Å². The number of rotatable bonds is 6. The van der Waals surface area contributed by atoms with E-state index in [0.717, 1.165) is 12.0 Å². The lowest BCUT2D eigenvalue weighted by Gasteiger charge is -2.19. The van der Waals surface area contributed by atoms with Gasteiger partial charge >= 0.3 is 0 Å². The number of nitrogens with one attached hydrogen (secondary N) is 2. The van der Waals surface area contributed by atoms with Crippen molar-refractivity contribution >= 4 is 34.8 Å². The van der Waals surface area contributed by atoms with E-state index in [9.17, 15) is 9.59 Å². The molecule has 5 nitrogen and oxygen atoms in total. The molecule has 2 atom stereocenters. The fourth-order valence-electron chi connectivity index (χ4n) is 3.97. The highest BCUT2D eigenvalue weighted by molar-refractivity contribution is 6.30. The first-order chi connectivity index (χ1) is 16.6. The number of nitrogens with zero attached hydrogens (tertiary/aromatic N) is 1. The maximum absolute atomic E-state index is 12.6. The average Bonchev–Trinajstić information content (AvgIpc) is 3.64. The Morgan fingerprint density at radius 2 is 1.49 bits per heavy atom. The summed E-state index contributed by atoms with van der Waals surface area (Å²) in [5.74, 6) is -0.0549. The van der Waals surface area contributed by atoms with Crippen LogP contribution in [-0.4, -0.2) is 17.5 Å². The molecule has 3 aromatic rings. The van der Waals surface area contributed by atoms with Gasteiger partial charge in [0.15, 0.2) is 0 Å². The van der Waals surface area contributed by atoms with Crippen LogP contribution in [0.3, 0.4) is 0 Å². The van der Waals surface area contributed by atoms with E-state index in [-0.39, 0.29) is 29.1 Å². The molecule has 2 N–H and O–H groups in total. The molecule has 1 aliphatic carbocycles. The minimum Gasteiger partial charge on any atom is -0.322 e. The van der Waals surface area contributed by atoms with Crippen molar-refractivity contribution in [3.05, 3.63) is 100 Å². The molecular formula is C29H30ClN3O2. The summed E-state index contributed by atoms with van der Waals surface area (Å²) in [5, 5.41) is 7.73. The second-order valence-electron chi connectivity index (χ2n) is 10.0. The molecular weight excluding hydrogens is 458 g/mol. The second kappa shape index (κ2) is 10.0. The first-order valence-electron chi connectivity index (χ1n) is 11.7. The smallest absolute Gasteiger partial charge is 0.255 e. The quantitative estimate of drug-likeness (QED) is 0.306. The maximum atomic E-state index is 12.6. The maximum Gasteiger partial charge on any atom is 0.255 e. The van der Waals surface area contributed by atoms with E-state index in [0.29, 0.717) is 22.0 Å². The monoisotopic (exact) mass is 487 g/mol. The Morgan fingerprint density at radius 1 is 0.886 bits per heavy atom. The predicted octanol–water partition coefficient (Wildman–Crippen LogP) is 6.53. The summed E-state index contributed by atoms with van der Waals surface area (Å²) in [5.41, 5.74) is 8.09. The van der Waals surface area contributed by atoms with E-state index in [1.54, 1.807) is 24.3 Å². The number of carbonyl (C=O) groups is 2. The van der Waals surface area contributed by atoms with Crippen molar-refractivity contribution in [1.82, 2.24) is 5.43 Å². The number of halogens is 1. The molecule has 35 heavy (non-hydrogen) atoms. The highest BCUT2D eigenvalue weighted by Crippen LogP contribution is 2.47. The Balaban J connectivity index is 1.30. The number of hydrazone groups is 1. The Hall–Kier alpha value is -3.44. The van der Waals surface area contributed by atoms with Crippen molar-refractivity contribution in [2.24, 2.45) is 11.0 Å². The van der Waals surface area contributed by atoms with Crippen molar-refractivity contribution in [1.29, 1.82) is 0 Å². The van der Waals surface area contributed by atoms with Gasteiger partial charge in [0, 0.05) is 22.2 Å². The molecule has 0 bridgehead atoms. The zero-order valence-corrected chi connectivity index (χ0v) is 21.2. The van der Waals surface area contributed by atoms with Crippen molar-refractivity contribution in [2.75, 3.05) is 5.32 Å². The molecule has 2 unspecified atom stereocenters. The van der Waals surface area contributed by atoms with Crippen LogP contribution < -0.4 is 10.7 Å². The Kier molecular flexibility index (Phi) is 7.08. The molecule has 0 saturated heterocycles. The van der Waals surface area contributed by atoms with Crippen molar-refractivity contribution in [3.63, 3.8) is 0 Å². The van der Waals surface area contributed by atoms with Gasteiger partial charge in [0.05, 0.1) is 5.71 Å². The number of carbonyl (C=O) groups excluding carboxylic acids is 2. The zero-order valence-electron chi connectivity index (χ0n) is 20.4. The van der Waals surface area contributed by atoms with Gasteiger partial charge in [0.2, 0.25) is 5.91 Å². The summed E-state index contributed by atoms with van der Waals surface area (Å²) in [7, 11) is 0. The highest BCUT2D eigenvalue weighted by Gasteiger charge is 2.44. The van der Waals surface area contributed by atoms with Crippen LogP contribution in [0.1, 0.15) is 67.1 Å². The van der Waals surface area contributed by atoms with E-state index in [1.807, 2.05) is 31.2 Å². The largest absolute Gasteiger partial charge is 0.322 e. The van der Waals surface area contributed by atoms with Crippen LogP contribution >= 0.6 is 11.6 Å². The predicted molar refractivity (Wildman–Crippen MR) is 142 cm³/mol. The summed E-state index contributed by atoms with van der Waals surface area (Å²) in [6, 6.07) is 22.6. The number of amides is 2. The third-order valence-corrected chi connectivity index (χ3v) is 6.58. The summed E-state index contributed by atoms with van der Waals surface area (Å²) in [4.78, 5) is 25.0. The molecule has 3 aromatic carbocycles. The van der Waals surface area contributed by atoms with E-state index >= 15 is 0 Å². The van der Waals surface area contributed by atoms with E-state index < -0.39 is 0 Å². The van der Waals surface area contributed by atoms with Crippen LogP contribution in [0, 0.1) is 5.92 Å². The van der Waals surface area contributed by atoms with Crippen LogP contribution in [0.5, 0.6) is 0 Å². The fraction of sp³-hybridized carbons (Fsp3) is 0.276. The highest BCUT2D eigenvalue weighted by atomic mass is 35.5. The van der Waals surface area contributed by atoms with Gasteiger partial charge in [-0.2, -0.15) is 5.10 Å². The molecule has 1 fully saturated rings. The molecule has 4 rings (SSSR count). The van der Waals surface area contributed by atoms with Crippen LogP contribution in [0.2, 0.25) is 5.02 Å². The molecule has 0 radical (unpaired) electrons. The minimum absolute atomic E-state index is 0.0440. The number of hydrogen-bond donors (Lipinski definition) is 2. The van der Waals surface area contributed by atoms with Crippen LogP contribution in [0.15, 0.2) is 77.9 Å². The first-order valence-corrected chi connectivity index (χ1v) is 12.1. The first kappa shape index (κ1) is 24.7. The average molecular weight is 488 g/mol. The van der Waals surface area contributed by atoms with Crippen LogP contribution in [0.25, 0.3) is 0 Å². The normalized spacial score (nSPS) is 17.6. The number of hydrogen-bond acceptors (Lipinski definition) is 3. The van der Waals surface area contributed by atoms with Gasteiger partial charge in [-0.1, -0.05) is 68.8 Å². The second-order valence-corrected chi connectivity index (χ2v) is 10.5. The number of benzene rings is 3. The molecule has 0 heterocycles. The zero-order chi connectivity index (χ0) is 25.2. The summed E-state index contributed by atoms with van der Waals surface area (Å²) >= 11 is 5.87. The molecule has 1 saturated carbocycles. The third kappa shape index (κ3) is 6.17. The Morgan fingerprint density at radius 3 is 2.09 bits per heavy atom. The summed E-state index contributed by atoms with van der Waals surface area (Å²) in [6.07, 6.45) is 0.845. The lowest BCUT2D eigenvalue weighted by molar-refractivity contribution is -0.122. The van der Waals surface area contributed by atoms with Crippen molar-refractivity contribution < 1.29 is 9.59 Å².